The van der Waals surface area contributed by atoms with Gasteiger partial charge in [-0.05, 0) is 36.8 Å². The average molecular weight is 450 g/mol. The van der Waals surface area contributed by atoms with E-state index >= 15 is 0 Å². The van der Waals surface area contributed by atoms with E-state index in [2.05, 4.69) is 57.8 Å². The van der Waals surface area contributed by atoms with Gasteiger partial charge >= 0.3 is 0 Å². The molecule has 0 saturated carbocycles. The fourth-order valence-electron chi connectivity index (χ4n) is 3.15. The predicted octanol–water partition coefficient (Wildman–Crippen LogP) is 5.23. The maximum Gasteiger partial charge on any atom is 0.232 e. The third-order valence-corrected chi connectivity index (χ3v) is 5.68. The molecule has 0 N–H and O–H groups in total. The number of hydrogen-bond donors (Lipinski definition) is 0. The first-order chi connectivity index (χ1) is 15.4. The number of benzene rings is 2. The molecule has 0 atom stereocenters. The van der Waals surface area contributed by atoms with Gasteiger partial charge in [0, 0.05) is 17.5 Å². The van der Waals surface area contributed by atoms with E-state index < -0.39 is 0 Å². The van der Waals surface area contributed by atoms with E-state index in [1.165, 1.54) is 17.3 Å². The molecule has 2 heterocycles. The van der Waals surface area contributed by atoms with Crippen LogP contribution in [0.1, 0.15) is 50.8 Å². The highest BCUT2D eigenvalue weighted by Gasteiger charge is 2.22. The second-order valence-electron chi connectivity index (χ2n) is 8.38. The van der Waals surface area contributed by atoms with Crippen molar-refractivity contribution in [1.82, 2.24) is 24.9 Å². The largest absolute Gasteiger partial charge is 0.494 e. The molecule has 4 rings (SSSR count). The van der Waals surface area contributed by atoms with E-state index in [0.29, 0.717) is 30.5 Å². The average Bonchev–Trinajstić information content (AvgIpc) is 3.41. The van der Waals surface area contributed by atoms with Crippen LogP contribution in [0.3, 0.4) is 0 Å². The first kappa shape index (κ1) is 22.1. The fraction of sp³-hybridized carbons (Fsp3) is 0.333. The SMILES string of the molecule is CCOc1ccc(-n2c(Cc3ccccc3)nnc2SCc2noc(C(C)(C)C)n2)cc1. The highest BCUT2D eigenvalue weighted by atomic mass is 32.2. The molecule has 0 aliphatic carbocycles. The Kier molecular flexibility index (Phi) is 6.60. The van der Waals surface area contributed by atoms with Crippen molar-refractivity contribution in [3.05, 3.63) is 77.7 Å². The van der Waals surface area contributed by atoms with Crippen LogP contribution in [-0.4, -0.2) is 31.5 Å². The quantitative estimate of drug-likeness (QED) is 0.341. The zero-order valence-corrected chi connectivity index (χ0v) is 19.6. The molecule has 2 aromatic carbocycles. The Labute approximate surface area is 192 Å². The fourth-order valence-corrected chi connectivity index (χ4v) is 3.96. The molecule has 8 heteroatoms. The third kappa shape index (κ3) is 5.19. The summed E-state index contributed by atoms with van der Waals surface area (Å²) in [5.41, 5.74) is 1.98. The van der Waals surface area contributed by atoms with Gasteiger partial charge in [-0.3, -0.25) is 4.57 Å². The highest BCUT2D eigenvalue weighted by Crippen LogP contribution is 2.28. The second kappa shape index (κ2) is 9.56. The van der Waals surface area contributed by atoms with Crippen LogP contribution in [0.4, 0.5) is 0 Å². The molecule has 0 saturated heterocycles. The number of hydrogen-bond acceptors (Lipinski definition) is 7. The Morgan fingerprint density at radius 3 is 2.41 bits per heavy atom. The van der Waals surface area contributed by atoms with Gasteiger partial charge in [0.2, 0.25) is 5.89 Å². The van der Waals surface area contributed by atoms with Gasteiger partial charge in [-0.1, -0.05) is 68.0 Å². The summed E-state index contributed by atoms with van der Waals surface area (Å²) < 4.78 is 13.1. The van der Waals surface area contributed by atoms with Crippen molar-refractivity contribution in [1.29, 1.82) is 0 Å². The normalized spacial score (nSPS) is 11.6. The van der Waals surface area contributed by atoms with E-state index in [9.17, 15) is 0 Å². The molecule has 0 bridgehead atoms. The van der Waals surface area contributed by atoms with Crippen molar-refractivity contribution in [3.8, 4) is 11.4 Å². The molecular weight excluding hydrogens is 422 g/mol. The Morgan fingerprint density at radius 1 is 1.00 bits per heavy atom. The van der Waals surface area contributed by atoms with Crippen molar-refractivity contribution in [3.63, 3.8) is 0 Å². The van der Waals surface area contributed by atoms with Crippen LogP contribution in [0.2, 0.25) is 0 Å². The van der Waals surface area contributed by atoms with Crippen molar-refractivity contribution in [2.24, 2.45) is 0 Å². The standard InChI is InChI=1S/C24H27N5O2S/c1-5-30-19-13-11-18(12-14-19)29-21(15-17-9-7-6-8-10-17)26-27-23(29)32-16-20-25-22(31-28-20)24(2,3)4/h6-14H,5,15-16H2,1-4H3. The monoisotopic (exact) mass is 449 g/mol. The van der Waals surface area contributed by atoms with Gasteiger partial charge in [0.1, 0.15) is 11.6 Å². The van der Waals surface area contributed by atoms with Gasteiger partial charge < -0.3 is 9.26 Å². The zero-order chi connectivity index (χ0) is 22.6. The predicted molar refractivity (Wildman–Crippen MR) is 124 cm³/mol. The highest BCUT2D eigenvalue weighted by molar-refractivity contribution is 7.98. The third-order valence-electron chi connectivity index (χ3n) is 4.75. The van der Waals surface area contributed by atoms with Gasteiger partial charge in [-0.15, -0.1) is 10.2 Å². The van der Waals surface area contributed by atoms with Crippen LogP contribution >= 0.6 is 11.8 Å². The summed E-state index contributed by atoms with van der Waals surface area (Å²) in [4.78, 5) is 4.53. The van der Waals surface area contributed by atoms with Crippen molar-refractivity contribution in [2.75, 3.05) is 6.61 Å². The van der Waals surface area contributed by atoms with Gasteiger partial charge in [-0.25, -0.2) is 0 Å². The minimum absolute atomic E-state index is 0.179. The molecule has 0 unspecified atom stereocenters. The van der Waals surface area contributed by atoms with E-state index in [4.69, 9.17) is 9.26 Å². The van der Waals surface area contributed by atoms with Crippen LogP contribution in [0, 0.1) is 0 Å². The van der Waals surface area contributed by atoms with E-state index in [0.717, 1.165) is 22.4 Å². The molecule has 32 heavy (non-hydrogen) atoms. The smallest absolute Gasteiger partial charge is 0.232 e. The molecular formula is C24H27N5O2S. The first-order valence-corrected chi connectivity index (χ1v) is 11.6. The molecule has 0 amide bonds. The van der Waals surface area contributed by atoms with Crippen LogP contribution in [-0.2, 0) is 17.6 Å². The van der Waals surface area contributed by atoms with Crippen LogP contribution in [0.15, 0.2) is 64.3 Å². The summed E-state index contributed by atoms with van der Waals surface area (Å²) in [6.07, 6.45) is 0.679. The van der Waals surface area contributed by atoms with E-state index in [1.807, 2.05) is 49.4 Å². The Hall–Kier alpha value is -3.13. The zero-order valence-electron chi connectivity index (χ0n) is 18.8. The molecule has 0 spiro atoms. The summed E-state index contributed by atoms with van der Waals surface area (Å²) in [6, 6.07) is 18.3. The molecule has 4 aromatic rings. The van der Waals surface area contributed by atoms with E-state index in [-0.39, 0.29) is 5.41 Å². The lowest BCUT2D eigenvalue weighted by molar-refractivity contribution is 0.319. The summed E-state index contributed by atoms with van der Waals surface area (Å²) in [5, 5.41) is 13.9. The van der Waals surface area contributed by atoms with Crippen molar-refractivity contribution in [2.45, 2.75) is 50.4 Å². The number of nitrogens with zero attached hydrogens (tertiary/aromatic N) is 5. The topological polar surface area (TPSA) is 78.9 Å². The molecule has 0 radical (unpaired) electrons. The number of ether oxygens (including phenoxy) is 1. The van der Waals surface area contributed by atoms with Gasteiger partial charge in [0.25, 0.3) is 0 Å². The Morgan fingerprint density at radius 2 is 1.75 bits per heavy atom. The summed E-state index contributed by atoms with van der Waals surface area (Å²) in [6.45, 7) is 8.76. The maximum absolute atomic E-state index is 5.60. The van der Waals surface area contributed by atoms with Crippen LogP contribution in [0.25, 0.3) is 5.69 Å². The van der Waals surface area contributed by atoms with Crippen LogP contribution < -0.4 is 4.74 Å². The van der Waals surface area contributed by atoms with Gasteiger partial charge in [0.05, 0.1) is 12.4 Å². The summed E-state index contributed by atoms with van der Waals surface area (Å²) in [5.74, 6) is 3.52. The molecule has 166 valence electrons. The van der Waals surface area contributed by atoms with Crippen LogP contribution in [0.5, 0.6) is 5.75 Å². The first-order valence-electron chi connectivity index (χ1n) is 10.6. The molecule has 7 nitrogen and oxygen atoms in total. The minimum atomic E-state index is -0.179. The summed E-state index contributed by atoms with van der Waals surface area (Å²) in [7, 11) is 0. The van der Waals surface area contributed by atoms with Gasteiger partial charge in [-0.2, -0.15) is 4.98 Å². The number of thioether (sulfide) groups is 1. The summed E-state index contributed by atoms with van der Waals surface area (Å²) >= 11 is 1.54. The van der Waals surface area contributed by atoms with Crippen molar-refractivity contribution < 1.29 is 9.26 Å². The van der Waals surface area contributed by atoms with E-state index in [1.54, 1.807) is 0 Å². The molecule has 0 aliphatic rings. The molecule has 2 aromatic heterocycles. The minimum Gasteiger partial charge on any atom is -0.494 e. The lowest BCUT2D eigenvalue weighted by atomic mass is 9.97. The second-order valence-corrected chi connectivity index (χ2v) is 9.32. The number of rotatable bonds is 8. The van der Waals surface area contributed by atoms with Crippen molar-refractivity contribution >= 4 is 11.8 Å². The lowest BCUT2D eigenvalue weighted by Crippen LogP contribution is -2.11. The maximum atomic E-state index is 5.60. The number of aromatic nitrogens is 5. The molecule has 0 aliphatic heterocycles. The van der Waals surface area contributed by atoms with Gasteiger partial charge in [0.15, 0.2) is 11.0 Å². The lowest BCUT2D eigenvalue weighted by Gasteiger charge is -2.11. The Balaban J connectivity index is 1.61. The molecule has 0 fully saturated rings. The Bertz CT molecular complexity index is 1150.